The predicted octanol–water partition coefficient (Wildman–Crippen LogP) is 1.25. The number of esters is 1. The van der Waals surface area contributed by atoms with Crippen LogP contribution in [0.25, 0.3) is 0 Å². The van der Waals surface area contributed by atoms with E-state index in [-0.39, 0.29) is 0 Å². The van der Waals surface area contributed by atoms with Crippen LogP contribution < -0.4 is 5.73 Å². The summed E-state index contributed by atoms with van der Waals surface area (Å²) in [5, 5.41) is 4.11. The van der Waals surface area contributed by atoms with Crippen molar-refractivity contribution in [2.24, 2.45) is 5.73 Å². The molecule has 96 valence electrons. The average Bonchev–Trinajstić information content (AvgIpc) is 2.47. The topological polar surface area (TPSA) is 70.1 Å². The first-order valence-electron chi connectivity index (χ1n) is 5.61. The van der Waals surface area contributed by atoms with Gasteiger partial charge in [0, 0.05) is 6.20 Å². The van der Waals surface area contributed by atoms with Crippen LogP contribution in [0.4, 0.5) is 0 Å². The van der Waals surface area contributed by atoms with Crippen molar-refractivity contribution in [3.8, 4) is 0 Å². The maximum Gasteiger partial charge on any atom is 0.328 e. The van der Waals surface area contributed by atoms with Gasteiger partial charge in [-0.05, 0) is 40.2 Å². The maximum atomic E-state index is 11.9. The Morgan fingerprint density at radius 3 is 2.47 bits per heavy atom. The molecule has 0 aliphatic rings. The lowest BCUT2D eigenvalue weighted by atomic mass is 10.0. The molecule has 0 aromatic carbocycles. The molecule has 0 bridgehead atoms. The van der Waals surface area contributed by atoms with Gasteiger partial charge in [-0.2, -0.15) is 5.10 Å². The predicted molar refractivity (Wildman–Crippen MR) is 65.4 cm³/mol. The Balaban J connectivity index is 2.71. The highest BCUT2D eigenvalue weighted by Crippen LogP contribution is 2.14. The summed E-state index contributed by atoms with van der Waals surface area (Å²) in [6.07, 6.45) is 3.57. The molecule has 0 saturated heterocycles. The number of aromatic nitrogens is 2. The molecule has 1 aromatic rings. The Kier molecular flexibility index (Phi) is 3.62. The van der Waals surface area contributed by atoms with Gasteiger partial charge in [0.1, 0.15) is 11.1 Å². The Morgan fingerprint density at radius 1 is 1.47 bits per heavy atom. The van der Waals surface area contributed by atoms with Crippen molar-refractivity contribution < 1.29 is 9.53 Å². The molecule has 0 fully saturated rings. The fourth-order valence-electron chi connectivity index (χ4n) is 1.35. The van der Waals surface area contributed by atoms with Gasteiger partial charge in [0.2, 0.25) is 0 Å². The molecule has 0 spiro atoms. The molecule has 1 atom stereocenters. The van der Waals surface area contributed by atoms with Gasteiger partial charge in [0.05, 0.1) is 12.7 Å². The number of hydrogen-bond acceptors (Lipinski definition) is 4. The van der Waals surface area contributed by atoms with Crippen molar-refractivity contribution >= 4 is 5.97 Å². The molecule has 5 heteroatoms. The summed E-state index contributed by atoms with van der Waals surface area (Å²) in [6, 6.07) is 0. The molecule has 17 heavy (non-hydrogen) atoms. The molecule has 0 aliphatic carbocycles. The minimum Gasteiger partial charge on any atom is -0.459 e. The second-order valence-corrected chi connectivity index (χ2v) is 5.63. The number of hydrogen-bond donors (Lipinski definition) is 1. The lowest BCUT2D eigenvalue weighted by Crippen LogP contribution is -2.51. The summed E-state index contributed by atoms with van der Waals surface area (Å²) in [4.78, 5) is 11.9. The van der Waals surface area contributed by atoms with E-state index in [4.69, 9.17) is 10.5 Å². The van der Waals surface area contributed by atoms with Crippen LogP contribution in [0.15, 0.2) is 12.4 Å². The second kappa shape index (κ2) is 4.49. The third-order valence-corrected chi connectivity index (χ3v) is 2.12. The third-order valence-electron chi connectivity index (χ3n) is 2.12. The molecule has 0 saturated carbocycles. The average molecular weight is 239 g/mol. The molecule has 1 heterocycles. The van der Waals surface area contributed by atoms with Crippen LogP contribution in [0, 0.1) is 6.92 Å². The molecular weight excluding hydrogens is 218 g/mol. The number of aryl methyl sites for hydroxylation is 1. The van der Waals surface area contributed by atoms with E-state index in [1.807, 2.05) is 33.9 Å². The first-order chi connectivity index (χ1) is 7.60. The van der Waals surface area contributed by atoms with E-state index < -0.39 is 17.1 Å². The van der Waals surface area contributed by atoms with Crippen molar-refractivity contribution in [2.45, 2.75) is 52.3 Å². The quantitative estimate of drug-likeness (QED) is 0.806. The van der Waals surface area contributed by atoms with E-state index >= 15 is 0 Å². The first-order valence-corrected chi connectivity index (χ1v) is 5.61. The molecule has 1 rings (SSSR count). The number of nitrogens with zero attached hydrogens (tertiary/aromatic N) is 2. The summed E-state index contributed by atoms with van der Waals surface area (Å²) >= 11 is 0. The smallest absolute Gasteiger partial charge is 0.328 e. The van der Waals surface area contributed by atoms with Crippen LogP contribution in [0.1, 0.15) is 33.3 Å². The third kappa shape index (κ3) is 4.19. The number of carbonyl (C=O) groups excluding carboxylic acids is 1. The van der Waals surface area contributed by atoms with E-state index in [1.165, 1.54) is 0 Å². The minimum atomic E-state index is -1.08. The molecular formula is C12H21N3O2. The number of carbonyl (C=O) groups is 1. The number of ether oxygens (including phenoxy) is 1. The van der Waals surface area contributed by atoms with Gasteiger partial charge in [-0.1, -0.05) is 0 Å². The number of nitrogens with two attached hydrogens (primary N) is 1. The van der Waals surface area contributed by atoms with Gasteiger partial charge < -0.3 is 10.5 Å². The Labute approximate surface area is 102 Å². The van der Waals surface area contributed by atoms with Crippen LogP contribution >= 0.6 is 0 Å². The van der Waals surface area contributed by atoms with E-state index in [9.17, 15) is 4.79 Å². The van der Waals surface area contributed by atoms with Crippen molar-refractivity contribution in [2.75, 3.05) is 0 Å². The van der Waals surface area contributed by atoms with Gasteiger partial charge in [-0.25, -0.2) is 4.79 Å². The van der Waals surface area contributed by atoms with E-state index in [0.29, 0.717) is 6.54 Å². The molecule has 0 radical (unpaired) electrons. The van der Waals surface area contributed by atoms with Crippen LogP contribution in [0.3, 0.4) is 0 Å². The highest BCUT2D eigenvalue weighted by atomic mass is 16.6. The van der Waals surface area contributed by atoms with Gasteiger partial charge in [0.15, 0.2) is 0 Å². The molecule has 0 aliphatic heterocycles. The fourth-order valence-corrected chi connectivity index (χ4v) is 1.35. The zero-order valence-corrected chi connectivity index (χ0v) is 11.2. The summed E-state index contributed by atoms with van der Waals surface area (Å²) in [6.45, 7) is 9.34. The zero-order chi connectivity index (χ0) is 13.3. The van der Waals surface area contributed by atoms with Gasteiger partial charge in [0.25, 0.3) is 0 Å². The summed E-state index contributed by atoms with van der Waals surface area (Å²) in [5.74, 6) is -0.418. The summed E-state index contributed by atoms with van der Waals surface area (Å²) in [5.41, 5.74) is 5.40. The monoisotopic (exact) mass is 239 g/mol. The fraction of sp³-hybridized carbons (Fsp3) is 0.667. The van der Waals surface area contributed by atoms with Crippen LogP contribution in [-0.2, 0) is 16.1 Å². The first kappa shape index (κ1) is 13.7. The molecule has 2 N–H and O–H groups in total. The van der Waals surface area contributed by atoms with E-state index in [0.717, 1.165) is 5.56 Å². The SMILES string of the molecule is Cc1cnn(CC(C)(N)C(=O)OC(C)(C)C)c1. The zero-order valence-electron chi connectivity index (χ0n) is 11.2. The van der Waals surface area contributed by atoms with Crippen molar-refractivity contribution in [3.63, 3.8) is 0 Å². The molecule has 0 amide bonds. The summed E-state index contributed by atoms with van der Waals surface area (Å²) in [7, 11) is 0. The Hall–Kier alpha value is -1.36. The maximum absolute atomic E-state index is 11.9. The largest absolute Gasteiger partial charge is 0.459 e. The van der Waals surface area contributed by atoms with E-state index in [1.54, 1.807) is 17.8 Å². The highest BCUT2D eigenvalue weighted by molar-refractivity contribution is 5.80. The standard InChI is InChI=1S/C12H21N3O2/c1-9-6-14-15(7-9)8-12(5,13)10(16)17-11(2,3)4/h6-7H,8,13H2,1-5H3. The lowest BCUT2D eigenvalue weighted by molar-refractivity contribution is -0.161. The van der Waals surface area contributed by atoms with Crippen LogP contribution in [0.2, 0.25) is 0 Å². The van der Waals surface area contributed by atoms with Crippen molar-refractivity contribution in [3.05, 3.63) is 18.0 Å². The molecule has 1 unspecified atom stereocenters. The molecule has 5 nitrogen and oxygen atoms in total. The van der Waals surface area contributed by atoms with Crippen molar-refractivity contribution in [1.82, 2.24) is 9.78 Å². The van der Waals surface area contributed by atoms with Gasteiger partial charge in [-0.3, -0.25) is 4.68 Å². The number of rotatable bonds is 3. The minimum absolute atomic E-state index is 0.301. The summed E-state index contributed by atoms with van der Waals surface area (Å²) < 4.78 is 6.93. The highest BCUT2D eigenvalue weighted by Gasteiger charge is 2.33. The van der Waals surface area contributed by atoms with Crippen molar-refractivity contribution in [1.29, 1.82) is 0 Å². The van der Waals surface area contributed by atoms with Crippen LogP contribution in [-0.4, -0.2) is 26.9 Å². The second-order valence-electron chi connectivity index (χ2n) is 5.63. The normalized spacial score (nSPS) is 15.4. The van der Waals surface area contributed by atoms with E-state index in [2.05, 4.69) is 5.10 Å². The Morgan fingerprint density at radius 2 is 2.06 bits per heavy atom. The lowest BCUT2D eigenvalue weighted by Gasteiger charge is -2.28. The van der Waals surface area contributed by atoms with Gasteiger partial charge in [-0.15, -0.1) is 0 Å². The Bertz CT molecular complexity index is 402. The van der Waals surface area contributed by atoms with Gasteiger partial charge >= 0.3 is 5.97 Å². The van der Waals surface area contributed by atoms with Crippen LogP contribution in [0.5, 0.6) is 0 Å². The molecule has 1 aromatic heterocycles.